The lowest BCUT2D eigenvalue weighted by atomic mass is 10.1. The molecule has 6 nitrogen and oxygen atoms in total. The average molecular weight is 232 g/mol. The summed E-state index contributed by atoms with van der Waals surface area (Å²) in [5.41, 5.74) is 4.59. The van der Waals surface area contributed by atoms with E-state index in [1.54, 1.807) is 13.8 Å². The number of rotatable bonds is 6. The Morgan fingerprint density at radius 2 is 2.06 bits per heavy atom. The molecule has 1 amide bonds. The summed E-state index contributed by atoms with van der Waals surface area (Å²) in [7, 11) is 0. The molecule has 0 spiro atoms. The number of ether oxygens (including phenoxy) is 1. The van der Waals surface area contributed by atoms with Gasteiger partial charge in [0, 0.05) is 6.54 Å². The fourth-order valence-electron chi connectivity index (χ4n) is 1.01. The largest absolute Gasteiger partial charge is 0.480 e. The number of alkyl carbamates (subject to hydrolysis) is 1. The van der Waals surface area contributed by atoms with Gasteiger partial charge in [-0.25, -0.2) is 9.59 Å². The molecule has 0 aliphatic heterocycles. The molecule has 1 atom stereocenters. The van der Waals surface area contributed by atoms with Crippen LogP contribution in [0.3, 0.4) is 0 Å². The second-order valence-corrected chi connectivity index (χ2v) is 4.18. The number of hydrogen-bond donors (Lipinski definition) is 3. The van der Waals surface area contributed by atoms with E-state index < -0.39 is 23.7 Å². The van der Waals surface area contributed by atoms with E-state index in [0.717, 1.165) is 0 Å². The minimum Gasteiger partial charge on any atom is -0.480 e. The highest BCUT2D eigenvalue weighted by Crippen LogP contribution is 2.07. The zero-order valence-electron chi connectivity index (χ0n) is 9.95. The zero-order chi connectivity index (χ0) is 12.8. The summed E-state index contributed by atoms with van der Waals surface area (Å²) in [6, 6.07) is -0.911. The van der Waals surface area contributed by atoms with Crippen molar-refractivity contribution < 1.29 is 19.4 Å². The van der Waals surface area contributed by atoms with Crippen molar-refractivity contribution in [2.45, 2.75) is 45.3 Å². The van der Waals surface area contributed by atoms with Crippen LogP contribution in [0.4, 0.5) is 4.79 Å². The van der Waals surface area contributed by atoms with Crippen molar-refractivity contribution in [3.63, 3.8) is 0 Å². The Kier molecular flexibility index (Phi) is 5.81. The van der Waals surface area contributed by atoms with E-state index in [-0.39, 0.29) is 6.54 Å². The molecule has 4 N–H and O–H groups in total. The summed E-state index contributed by atoms with van der Waals surface area (Å²) >= 11 is 0. The summed E-state index contributed by atoms with van der Waals surface area (Å²) in [5.74, 6) is -1.07. The Bertz CT molecular complexity index is 253. The first-order valence-corrected chi connectivity index (χ1v) is 5.24. The predicted octanol–water partition coefficient (Wildman–Crippen LogP) is 0.703. The SMILES string of the molecule is CCCC(NC(=O)OC(C)(C)CN)C(=O)O. The fraction of sp³-hybridized carbons (Fsp3) is 0.800. The molecule has 0 aromatic carbocycles. The van der Waals surface area contributed by atoms with Gasteiger partial charge in [-0.3, -0.25) is 0 Å². The first-order valence-electron chi connectivity index (χ1n) is 5.24. The van der Waals surface area contributed by atoms with E-state index in [4.69, 9.17) is 15.6 Å². The molecule has 0 aromatic heterocycles. The topological polar surface area (TPSA) is 102 Å². The van der Waals surface area contributed by atoms with Gasteiger partial charge >= 0.3 is 12.1 Å². The Balaban J connectivity index is 4.25. The van der Waals surface area contributed by atoms with E-state index in [1.807, 2.05) is 6.92 Å². The van der Waals surface area contributed by atoms with Gasteiger partial charge in [-0.1, -0.05) is 13.3 Å². The van der Waals surface area contributed by atoms with Crippen molar-refractivity contribution in [1.82, 2.24) is 5.32 Å². The van der Waals surface area contributed by atoms with Crippen molar-refractivity contribution in [2.75, 3.05) is 6.54 Å². The van der Waals surface area contributed by atoms with Crippen LogP contribution in [0, 0.1) is 0 Å². The molecule has 0 saturated carbocycles. The molecule has 1 unspecified atom stereocenters. The lowest BCUT2D eigenvalue weighted by molar-refractivity contribution is -0.139. The molecule has 0 aliphatic rings. The number of nitrogens with two attached hydrogens (primary N) is 1. The van der Waals surface area contributed by atoms with Gasteiger partial charge in [-0.15, -0.1) is 0 Å². The zero-order valence-corrected chi connectivity index (χ0v) is 9.95. The third-order valence-corrected chi connectivity index (χ3v) is 2.03. The Morgan fingerprint density at radius 3 is 2.44 bits per heavy atom. The average Bonchev–Trinajstić information content (AvgIpc) is 2.16. The number of nitrogens with one attached hydrogen (secondary N) is 1. The molecular formula is C10H20N2O4. The molecule has 0 aliphatic carbocycles. The molecule has 0 rings (SSSR count). The van der Waals surface area contributed by atoms with Crippen LogP contribution in [0.1, 0.15) is 33.6 Å². The molecule has 0 radical (unpaired) electrons. The number of carbonyl (C=O) groups excluding carboxylic acids is 1. The molecule has 16 heavy (non-hydrogen) atoms. The Hall–Kier alpha value is -1.30. The first-order chi connectivity index (χ1) is 7.32. The van der Waals surface area contributed by atoms with Crippen molar-refractivity contribution in [3.8, 4) is 0 Å². The summed E-state index contributed by atoms with van der Waals surface area (Å²) in [5, 5.41) is 11.1. The maximum absolute atomic E-state index is 11.4. The molecule has 0 saturated heterocycles. The Morgan fingerprint density at radius 1 is 1.50 bits per heavy atom. The number of carboxylic acids is 1. The number of aliphatic carboxylic acids is 1. The van der Waals surface area contributed by atoms with Crippen molar-refractivity contribution in [2.24, 2.45) is 5.73 Å². The monoisotopic (exact) mass is 232 g/mol. The molecular weight excluding hydrogens is 212 g/mol. The maximum Gasteiger partial charge on any atom is 0.408 e. The summed E-state index contributed by atoms with van der Waals surface area (Å²) < 4.78 is 4.98. The van der Waals surface area contributed by atoms with Gasteiger partial charge in [-0.05, 0) is 20.3 Å². The summed E-state index contributed by atoms with van der Waals surface area (Å²) in [6.45, 7) is 5.32. The highest BCUT2D eigenvalue weighted by atomic mass is 16.6. The van der Waals surface area contributed by atoms with Gasteiger partial charge in [0.2, 0.25) is 0 Å². The van der Waals surface area contributed by atoms with Crippen LogP contribution in [-0.4, -0.2) is 35.4 Å². The quantitative estimate of drug-likeness (QED) is 0.625. The van der Waals surface area contributed by atoms with Gasteiger partial charge < -0.3 is 20.9 Å². The highest BCUT2D eigenvalue weighted by Gasteiger charge is 2.25. The van der Waals surface area contributed by atoms with Gasteiger partial charge in [0.05, 0.1) is 0 Å². The third kappa shape index (κ3) is 5.55. The van der Waals surface area contributed by atoms with Crippen LogP contribution < -0.4 is 11.1 Å². The van der Waals surface area contributed by atoms with Gasteiger partial charge in [-0.2, -0.15) is 0 Å². The van der Waals surface area contributed by atoms with Crippen LogP contribution >= 0.6 is 0 Å². The third-order valence-electron chi connectivity index (χ3n) is 2.03. The lowest BCUT2D eigenvalue weighted by Gasteiger charge is -2.24. The van der Waals surface area contributed by atoms with E-state index in [0.29, 0.717) is 12.8 Å². The molecule has 0 aromatic rings. The van der Waals surface area contributed by atoms with Crippen molar-refractivity contribution in [3.05, 3.63) is 0 Å². The Labute approximate surface area is 95.1 Å². The molecule has 94 valence electrons. The minimum absolute atomic E-state index is 0.173. The van der Waals surface area contributed by atoms with Crippen LogP contribution in [0.5, 0.6) is 0 Å². The van der Waals surface area contributed by atoms with Gasteiger partial charge in [0.15, 0.2) is 0 Å². The highest BCUT2D eigenvalue weighted by molar-refractivity contribution is 5.79. The summed E-state index contributed by atoms with van der Waals surface area (Å²) in [6.07, 6.45) is 0.279. The number of carboxylic acid groups (broad SMARTS) is 1. The van der Waals surface area contributed by atoms with Crippen LogP contribution in [0.2, 0.25) is 0 Å². The first kappa shape index (κ1) is 14.7. The predicted molar refractivity (Wildman–Crippen MR) is 59.1 cm³/mol. The molecule has 6 heteroatoms. The van der Waals surface area contributed by atoms with E-state index in [2.05, 4.69) is 5.32 Å². The number of hydrogen-bond acceptors (Lipinski definition) is 4. The lowest BCUT2D eigenvalue weighted by Crippen LogP contribution is -2.45. The standard InChI is InChI=1S/C10H20N2O4/c1-4-5-7(8(13)14)12-9(15)16-10(2,3)6-11/h7H,4-6,11H2,1-3H3,(H,12,15)(H,13,14). The summed E-state index contributed by atoms with van der Waals surface area (Å²) in [4.78, 5) is 22.1. The van der Waals surface area contributed by atoms with Crippen LogP contribution in [0.15, 0.2) is 0 Å². The minimum atomic E-state index is -1.07. The van der Waals surface area contributed by atoms with Crippen molar-refractivity contribution >= 4 is 12.1 Å². The maximum atomic E-state index is 11.4. The molecule has 0 heterocycles. The number of carbonyl (C=O) groups is 2. The second-order valence-electron chi connectivity index (χ2n) is 4.18. The van der Waals surface area contributed by atoms with Crippen LogP contribution in [0.25, 0.3) is 0 Å². The van der Waals surface area contributed by atoms with E-state index in [9.17, 15) is 9.59 Å². The smallest absolute Gasteiger partial charge is 0.408 e. The van der Waals surface area contributed by atoms with E-state index in [1.165, 1.54) is 0 Å². The van der Waals surface area contributed by atoms with Gasteiger partial charge in [0.25, 0.3) is 0 Å². The molecule has 0 fully saturated rings. The van der Waals surface area contributed by atoms with E-state index >= 15 is 0 Å². The fourth-order valence-corrected chi connectivity index (χ4v) is 1.01. The van der Waals surface area contributed by atoms with Crippen molar-refractivity contribution in [1.29, 1.82) is 0 Å². The second kappa shape index (κ2) is 6.32. The van der Waals surface area contributed by atoms with Gasteiger partial charge in [0.1, 0.15) is 11.6 Å². The van der Waals surface area contributed by atoms with Crippen LogP contribution in [-0.2, 0) is 9.53 Å². The normalized spacial score (nSPS) is 13.0. The molecule has 0 bridgehead atoms. The number of amides is 1.